The minimum atomic E-state index is -0.252. The third kappa shape index (κ3) is 4.44. The number of hydrogen-bond acceptors (Lipinski definition) is 5. The summed E-state index contributed by atoms with van der Waals surface area (Å²) in [6.45, 7) is 10.1. The molecule has 0 saturated heterocycles. The van der Waals surface area contributed by atoms with E-state index in [1.165, 1.54) is 0 Å². The van der Waals surface area contributed by atoms with Gasteiger partial charge in [0.05, 0.1) is 6.61 Å². The van der Waals surface area contributed by atoms with Crippen molar-refractivity contribution in [3.63, 3.8) is 0 Å². The molecule has 1 heterocycles. The number of carbonyl (C=O) groups excluding carboxylic acids is 1. The summed E-state index contributed by atoms with van der Waals surface area (Å²) in [6, 6.07) is 8.96. The topological polar surface area (TPSA) is 67.3 Å². The Bertz CT molecular complexity index is 682. The quantitative estimate of drug-likeness (QED) is 0.845. The van der Waals surface area contributed by atoms with E-state index >= 15 is 0 Å². The Morgan fingerprint density at radius 3 is 2.38 bits per heavy atom. The molecular formula is C18H24N4O2. The fourth-order valence-electron chi connectivity index (χ4n) is 2.31. The summed E-state index contributed by atoms with van der Waals surface area (Å²) in [7, 11) is 0. The standard InChI is InChI=1S/C18H24N4O2/c1-5-22(6-2)18-19-13(4)12-16(21-18)17(23)20-14-8-10-15(11-9-14)24-7-3/h8-12H,5-7H2,1-4H3,(H,20,23). The van der Waals surface area contributed by atoms with Gasteiger partial charge >= 0.3 is 0 Å². The smallest absolute Gasteiger partial charge is 0.274 e. The number of hydrogen-bond donors (Lipinski definition) is 1. The third-order valence-electron chi connectivity index (χ3n) is 3.54. The number of nitrogens with one attached hydrogen (secondary N) is 1. The van der Waals surface area contributed by atoms with Crippen LogP contribution in [0.4, 0.5) is 11.6 Å². The first-order valence-electron chi connectivity index (χ1n) is 8.22. The highest BCUT2D eigenvalue weighted by Crippen LogP contribution is 2.17. The second-order valence-electron chi connectivity index (χ2n) is 5.28. The number of nitrogens with zero attached hydrogens (tertiary/aromatic N) is 3. The van der Waals surface area contributed by atoms with Gasteiger partial charge in [-0.05, 0) is 58.0 Å². The molecule has 6 nitrogen and oxygen atoms in total. The molecule has 1 N–H and O–H groups in total. The first-order chi connectivity index (χ1) is 11.6. The fraction of sp³-hybridized carbons (Fsp3) is 0.389. The molecule has 1 amide bonds. The monoisotopic (exact) mass is 328 g/mol. The average molecular weight is 328 g/mol. The van der Waals surface area contributed by atoms with Gasteiger partial charge in [0.2, 0.25) is 5.95 Å². The van der Waals surface area contributed by atoms with Gasteiger partial charge in [0.1, 0.15) is 11.4 Å². The number of aryl methyl sites for hydroxylation is 1. The maximum atomic E-state index is 12.5. The Morgan fingerprint density at radius 2 is 1.79 bits per heavy atom. The van der Waals surface area contributed by atoms with Crippen LogP contribution in [0.1, 0.15) is 37.0 Å². The van der Waals surface area contributed by atoms with Gasteiger partial charge in [-0.3, -0.25) is 4.79 Å². The second kappa shape index (κ2) is 8.29. The summed E-state index contributed by atoms with van der Waals surface area (Å²) in [5.41, 5.74) is 1.83. The van der Waals surface area contributed by atoms with Crippen LogP contribution >= 0.6 is 0 Å². The minimum Gasteiger partial charge on any atom is -0.494 e. The highest BCUT2D eigenvalue weighted by Gasteiger charge is 2.13. The lowest BCUT2D eigenvalue weighted by atomic mass is 10.2. The molecule has 0 aliphatic heterocycles. The van der Waals surface area contributed by atoms with Crippen LogP contribution in [0.2, 0.25) is 0 Å². The molecule has 0 aliphatic rings. The Labute approximate surface area is 142 Å². The van der Waals surface area contributed by atoms with Gasteiger partial charge in [-0.25, -0.2) is 9.97 Å². The average Bonchev–Trinajstić information content (AvgIpc) is 2.57. The van der Waals surface area contributed by atoms with Crippen LogP contribution in [0.15, 0.2) is 30.3 Å². The van der Waals surface area contributed by atoms with E-state index < -0.39 is 0 Å². The normalized spacial score (nSPS) is 10.3. The van der Waals surface area contributed by atoms with Gasteiger partial charge in [-0.15, -0.1) is 0 Å². The lowest BCUT2D eigenvalue weighted by molar-refractivity contribution is 0.102. The predicted molar refractivity (Wildman–Crippen MR) is 95.9 cm³/mol. The Balaban J connectivity index is 2.17. The maximum absolute atomic E-state index is 12.5. The molecule has 0 unspecified atom stereocenters. The Morgan fingerprint density at radius 1 is 1.12 bits per heavy atom. The van der Waals surface area contributed by atoms with E-state index in [-0.39, 0.29) is 5.91 Å². The van der Waals surface area contributed by atoms with Crippen molar-refractivity contribution in [1.82, 2.24) is 9.97 Å². The molecule has 1 aromatic carbocycles. The van der Waals surface area contributed by atoms with Gasteiger partial charge in [-0.2, -0.15) is 0 Å². The van der Waals surface area contributed by atoms with Crippen molar-refractivity contribution in [1.29, 1.82) is 0 Å². The van der Waals surface area contributed by atoms with Crippen molar-refractivity contribution in [3.05, 3.63) is 41.7 Å². The minimum absolute atomic E-state index is 0.252. The molecule has 1 aromatic heterocycles. The largest absolute Gasteiger partial charge is 0.494 e. The molecule has 6 heteroatoms. The molecule has 0 fully saturated rings. The second-order valence-corrected chi connectivity index (χ2v) is 5.28. The van der Waals surface area contributed by atoms with Crippen LogP contribution in [-0.2, 0) is 0 Å². The molecule has 128 valence electrons. The van der Waals surface area contributed by atoms with E-state index in [9.17, 15) is 4.79 Å². The highest BCUT2D eigenvalue weighted by atomic mass is 16.5. The van der Waals surface area contributed by atoms with E-state index in [2.05, 4.69) is 15.3 Å². The fourth-order valence-corrected chi connectivity index (χ4v) is 2.31. The van der Waals surface area contributed by atoms with Crippen LogP contribution < -0.4 is 15.0 Å². The lowest BCUT2D eigenvalue weighted by Crippen LogP contribution is -2.26. The van der Waals surface area contributed by atoms with Gasteiger partial charge in [0.25, 0.3) is 5.91 Å². The Kier molecular flexibility index (Phi) is 6.12. The number of rotatable bonds is 7. The number of benzene rings is 1. The van der Waals surface area contributed by atoms with Crippen molar-refractivity contribution in [2.75, 3.05) is 29.9 Å². The van der Waals surface area contributed by atoms with E-state index in [0.717, 1.165) is 24.5 Å². The van der Waals surface area contributed by atoms with Crippen molar-refractivity contribution in [2.24, 2.45) is 0 Å². The molecular weight excluding hydrogens is 304 g/mol. The van der Waals surface area contributed by atoms with Gasteiger partial charge in [-0.1, -0.05) is 0 Å². The molecule has 0 spiro atoms. The number of aromatic nitrogens is 2. The summed E-state index contributed by atoms with van der Waals surface area (Å²) in [6.07, 6.45) is 0. The molecule has 0 radical (unpaired) electrons. The van der Waals surface area contributed by atoms with Crippen LogP contribution in [0, 0.1) is 6.92 Å². The molecule has 2 aromatic rings. The molecule has 0 saturated carbocycles. The van der Waals surface area contributed by atoms with Crippen molar-refractivity contribution >= 4 is 17.5 Å². The number of amides is 1. The van der Waals surface area contributed by atoms with Gasteiger partial charge in [0, 0.05) is 24.5 Å². The SMILES string of the molecule is CCOc1ccc(NC(=O)c2cc(C)nc(N(CC)CC)n2)cc1. The third-order valence-corrected chi connectivity index (χ3v) is 3.54. The summed E-state index contributed by atoms with van der Waals surface area (Å²) in [4.78, 5) is 23.3. The highest BCUT2D eigenvalue weighted by molar-refractivity contribution is 6.03. The maximum Gasteiger partial charge on any atom is 0.274 e. The number of anilines is 2. The van der Waals surface area contributed by atoms with E-state index in [1.54, 1.807) is 6.07 Å². The van der Waals surface area contributed by atoms with E-state index in [1.807, 2.05) is 56.9 Å². The zero-order valence-electron chi connectivity index (χ0n) is 14.7. The lowest BCUT2D eigenvalue weighted by Gasteiger charge is -2.19. The number of ether oxygens (including phenoxy) is 1. The zero-order chi connectivity index (χ0) is 17.5. The summed E-state index contributed by atoms with van der Waals surface area (Å²) < 4.78 is 5.39. The zero-order valence-corrected chi connectivity index (χ0v) is 14.7. The molecule has 0 atom stereocenters. The van der Waals surface area contributed by atoms with Gasteiger partial charge < -0.3 is 15.0 Å². The van der Waals surface area contributed by atoms with Crippen LogP contribution in [0.3, 0.4) is 0 Å². The Hall–Kier alpha value is -2.63. The van der Waals surface area contributed by atoms with Crippen molar-refractivity contribution in [2.45, 2.75) is 27.7 Å². The summed E-state index contributed by atoms with van der Waals surface area (Å²) in [5, 5.41) is 2.85. The summed E-state index contributed by atoms with van der Waals surface area (Å²) >= 11 is 0. The van der Waals surface area contributed by atoms with Crippen molar-refractivity contribution in [3.8, 4) is 5.75 Å². The predicted octanol–water partition coefficient (Wildman–Crippen LogP) is 3.28. The summed E-state index contributed by atoms with van der Waals surface area (Å²) in [5.74, 6) is 1.10. The first-order valence-corrected chi connectivity index (χ1v) is 8.22. The molecule has 2 rings (SSSR count). The van der Waals surface area contributed by atoms with Crippen LogP contribution in [0.25, 0.3) is 0 Å². The van der Waals surface area contributed by atoms with Crippen molar-refractivity contribution < 1.29 is 9.53 Å². The molecule has 0 aliphatic carbocycles. The van der Waals surface area contributed by atoms with E-state index in [4.69, 9.17) is 4.74 Å². The number of carbonyl (C=O) groups is 1. The van der Waals surface area contributed by atoms with Crippen LogP contribution in [-0.4, -0.2) is 35.6 Å². The van der Waals surface area contributed by atoms with Crippen LogP contribution in [0.5, 0.6) is 5.75 Å². The van der Waals surface area contributed by atoms with E-state index in [0.29, 0.717) is 23.9 Å². The first kappa shape index (κ1) is 17.7. The van der Waals surface area contributed by atoms with Gasteiger partial charge in [0.15, 0.2) is 0 Å². The molecule has 24 heavy (non-hydrogen) atoms. The molecule has 0 bridgehead atoms.